The Morgan fingerprint density at radius 2 is 1.74 bits per heavy atom. The van der Waals surface area contributed by atoms with Gasteiger partial charge in [0, 0.05) is 19.0 Å². The number of aliphatic hydroxyl groups excluding tert-OH is 1. The SMILES string of the molecule is CCOC(=O)OC(CCN(C(=O)OCC)C(CO)CCCCC=CC(=O)OC)C1CCCCC1. The fourth-order valence-electron chi connectivity index (χ4n) is 4.30. The summed E-state index contributed by atoms with van der Waals surface area (Å²) >= 11 is 0. The molecule has 0 spiro atoms. The van der Waals surface area contributed by atoms with Crippen molar-refractivity contribution in [3.05, 3.63) is 12.2 Å². The van der Waals surface area contributed by atoms with Gasteiger partial charge < -0.3 is 29.0 Å². The summed E-state index contributed by atoms with van der Waals surface area (Å²) < 4.78 is 20.4. The molecule has 0 aliphatic heterocycles. The molecule has 1 rings (SSSR count). The van der Waals surface area contributed by atoms with Crippen LogP contribution in [0.1, 0.15) is 78.1 Å². The lowest BCUT2D eigenvalue weighted by Gasteiger charge is -2.34. The van der Waals surface area contributed by atoms with E-state index < -0.39 is 18.3 Å². The Morgan fingerprint density at radius 1 is 1.03 bits per heavy atom. The largest absolute Gasteiger partial charge is 0.508 e. The first-order chi connectivity index (χ1) is 16.5. The minimum atomic E-state index is -0.681. The van der Waals surface area contributed by atoms with Crippen LogP contribution in [0.3, 0.4) is 0 Å². The van der Waals surface area contributed by atoms with E-state index in [1.165, 1.54) is 19.6 Å². The minimum Gasteiger partial charge on any atom is -0.466 e. The van der Waals surface area contributed by atoms with Gasteiger partial charge in [-0.05, 0) is 51.9 Å². The molecule has 9 heteroatoms. The quantitative estimate of drug-likeness (QED) is 0.155. The number of ether oxygens (including phenoxy) is 4. The predicted octanol–water partition coefficient (Wildman–Crippen LogP) is 4.61. The van der Waals surface area contributed by atoms with Crippen LogP contribution in [0, 0.1) is 5.92 Å². The number of carbonyl (C=O) groups excluding carboxylic acids is 3. The Hall–Kier alpha value is -2.29. The Balaban J connectivity index is 2.75. The van der Waals surface area contributed by atoms with Crippen molar-refractivity contribution in [3.8, 4) is 0 Å². The molecule has 9 nitrogen and oxygen atoms in total. The van der Waals surface area contributed by atoms with E-state index in [0.29, 0.717) is 25.8 Å². The van der Waals surface area contributed by atoms with Crippen molar-refractivity contribution < 1.29 is 38.4 Å². The van der Waals surface area contributed by atoms with E-state index in [4.69, 9.17) is 14.2 Å². The highest BCUT2D eigenvalue weighted by atomic mass is 16.7. The van der Waals surface area contributed by atoms with Gasteiger partial charge in [-0.15, -0.1) is 0 Å². The standard InChI is InChI=1S/C25H43NO8/c1-4-32-24(29)26(21(19-27)15-11-6-7-12-16-23(28)31-3)18-17-22(34-25(30)33-5-2)20-13-9-8-10-14-20/h12,16,20-22,27H,4-11,13-15,17-19H2,1-3H3. The molecule has 0 radical (unpaired) electrons. The highest BCUT2D eigenvalue weighted by molar-refractivity contribution is 5.81. The number of rotatable bonds is 15. The van der Waals surface area contributed by atoms with Crippen molar-refractivity contribution >= 4 is 18.2 Å². The lowest BCUT2D eigenvalue weighted by molar-refractivity contribution is -0.134. The molecule has 1 fully saturated rings. The van der Waals surface area contributed by atoms with Crippen molar-refractivity contribution in [1.82, 2.24) is 4.90 Å². The van der Waals surface area contributed by atoms with Gasteiger partial charge in [0.25, 0.3) is 0 Å². The van der Waals surface area contributed by atoms with Gasteiger partial charge in [-0.3, -0.25) is 0 Å². The third kappa shape index (κ3) is 11.7. The maximum absolute atomic E-state index is 12.7. The average molecular weight is 486 g/mol. The van der Waals surface area contributed by atoms with Gasteiger partial charge in [0.15, 0.2) is 0 Å². The van der Waals surface area contributed by atoms with Crippen molar-refractivity contribution in [2.45, 2.75) is 90.2 Å². The second kappa shape index (κ2) is 18.1. The molecular formula is C25H43NO8. The first-order valence-corrected chi connectivity index (χ1v) is 12.6. The van der Waals surface area contributed by atoms with Crippen molar-refractivity contribution in [2.75, 3.05) is 33.5 Å². The number of allylic oxidation sites excluding steroid dienone is 1. The summed E-state index contributed by atoms with van der Waals surface area (Å²) in [4.78, 5) is 37.4. The highest BCUT2D eigenvalue weighted by Crippen LogP contribution is 2.30. The van der Waals surface area contributed by atoms with Crippen LogP contribution in [0.5, 0.6) is 0 Å². The maximum atomic E-state index is 12.7. The predicted molar refractivity (Wildman–Crippen MR) is 127 cm³/mol. The van der Waals surface area contributed by atoms with Gasteiger partial charge in [-0.25, -0.2) is 14.4 Å². The molecule has 0 heterocycles. The molecule has 1 aliphatic carbocycles. The molecule has 1 N–H and O–H groups in total. The molecule has 0 aromatic rings. The van der Waals surface area contributed by atoms with Crippen LogP contribution in [-0.4, -0.2) is 73.8 Å². The van der Waals surface area contributed by atoms with Crippen LogP contribution in [0.2, 0.25) is 0 Å². The third-order valence-corrected chi connectivity index (χ3v) is 6.11. The summed E-state index contributed by atoms with van der Waals surface area (Å²) in [5.74, 6) is -0.157. The number of unbranched alkanes of at least 4 members (excludes halogenated alkanes) is 2. The van der Waals surface area contributed by atoms with Gasteiger partial charge in [0.05, 0.1) is 33.0 Å². The molecule has 1 aliphatic rings. The van der Waals surface area contributed by atoms with Gasteiger partial charge in [-0.1, -0.05) is 31.8 Å². The number of amides is 1. The average Bonchev–Trinajstić information content (AvgIpc) is 2.84. The number of esters is 1. The van der Waals surface area contributed by atoms with Gasteiger partial charge in [0.1, 0.15) is 6.10 Å². The van der Waals surface area contributed by atoms with Gasteiger partial charge in [0.2, 0.25) is 0 Å². The zero-order chi connectivity index (χ0) is 25.2. The van der Waals surface area contributed by atoms with E-state index >= 15 is 0 Å². The molecule has 2 atom stereocenters. The molecule has 0 saturated heterocycles. The van der Waals surface area contributed by atoms with Crippen molar-refractivity contribution in [3.63, 3.8) is 0 Å². The third-order valence-electron chi connectivity index (χ3n) is 6.11. The molecule has 0 aromatic carbocycles. The first kappa shape index (κ1) is 29.7. The number of aliphatic hydroxyl groups is 1. The molecule has 1 saturated carbocycles. The zero-order valence-corrected chi connectivity index (χ0v) is 21.0. The smallest absolute Gasteiger partial charge is 0.466 e. The topological polar surface area (TPSA) is 112 Å². The van der Waals surface area contributed by atoms with E-state index in [-0.39, 0.29) is 37.8 Å². The van der Waals surface area contributed by atoms with Crippen LogP contribution in [-0.2, 0) is 23.7 Å². The first-order valence-electron chi connectivity index (χ1n) is 12.6. The summed E-state index contributed by atoms with van der Waals surface area (Å²) in [5.41, 5.74) is 0. The second-order valence-electron chi connectivity index (χ2n) is 8.46. The summed E-state index contributed by atoms with van der Waals surface area (Å²) in [6.07, 6.45) is 10.3. The second-order valence-corrected chi connectivity index (χ2v) is 8.46. The Kier molecular flexibility index (Phi) is 15.8. The monoisotopic (exact) mass is 485 g/mol. The molecule has 1 amide bonds. The minimum absolute atomic E-state index is 0.191. The molecule has 196 valence electrons. The number of methoxy groups -OCH3 is 1. The highest BCUT2D eigenvalue weighted by Gasteiger charge is 2.31. The number of hydrogen-bond acceptors (Lipinski definition) is 8. The molecule has 34 heavy (non-hydrogen) atoms. The summed E-state index contributed by atoms with van der Waals surface area (Å²) in [6.45, 7) is 4.07. The van der Waals surface area contributed by atoms with E-state index in [2.05, 4.69) is 4.74 Å². The van der Waals surface area contributed by atoms with Crippen molar-refractivity contribution in [2.24, 2.45) is 5.92 Å². The van der Waals surface area contributed by atoms with E-state index in [1.807, 2.05) is 0 Å². The molecule has 0 bridgehead atoms. The number of nitrogens with zero attached hydrogens (tertiary/aromatic N) is 1. The van der Waals surface area contributed by atoms with Gasteiger partial charge >= 0.3 is 18.2 Å². The van der Waals surface area contributed by atoms with Crippen LogP contribution >= 0.6 is 0 Å². The Bertz CT molecular complexity index is 618. The fraction of sp³-hybridized carbons (Fsp3) is 0.800. The van der Waals surface area contributed by atoms with E-state index in [1.54, 1.807) is 24.8 Å². The van der Waals surface area contributed by atoms with Crippen LogP contribution in [0.4, 0.5) is 9.59 Å². The molecule has 2 unspecified atom stereocenters. The van der Waals surface area contributed by atoms with Crippen molar-refractivity contribution in [1.29, 1.82) is 0 Å². The normalized spacial score (nSPS) is 16.0. The summed E-state index contributed by atoms with van der Waals surface area (Å²) in [7, 11) is 1.33. The lowest BCUT2D eigenvalue weighted by atomic mass is 9.84. The van der Waals surface area contributed by atoms with E-state index in [0.717, 1.165) is 38.5 Å². The summed E-state index contributed by atoms with van der Waals surface area (Å²) in [6, 6.07) is -0.404. The molecule has 0 aromatic heterocycles. The van der Waals surface area contributed by atoms with Gasteiger partial charge in [-0.2, -0.15) is 0 Å². The molecular weight excluding hydrogens is 442 g/mol. The maximum Gasteiger partial charge on any atom is 0.508 e. The lowest BCUT2D eigenvalue weighted by Crippen LogP contribution is -2.45. The zero-order valence-electron chi connectivity index (χ0n) is 21.0. The van der Waals surface area contributed by atoms with Crippen LogP contribution in [0.15, 0.2) is 12.2 Å². The fourth-order valence-corrected chi connectivity index (χ4v) is 4.30. The Labute approximate surface area is 203 Å². The van der Waals surface area contributed by atoms with Crippen LogP contribution < -0.4 is 0 Å². The van der Waals surface area contributed by atoms with E-state index in [9.17, 15) is 19.5 Å². The number of carbonyl (C=O) groups is 3. The van der Waals surface area contributed by atoms with Crippen LogP contribution in [0.25, 0.3) is 0 Å². The Morgan fingerprint density at radius 3 is 2.35 bits per heavy atom. The summed E-state index contributed by atoms with van der Waals surface area (Å²) in [5, 5.41) is 10.0. The number of hydrogen-bond donors (Lipinski definition) is 1.